The molecule has 0 atom stereocenters. The molecule has 0 bridgehead atoms. The van der Waals surface area contributed by atoms with Crippen molar-refractivity contribution in [1.82, 2.24) is 9.80 Å². The topological polar surface area (TPSA) is 88.2 Å². The molecule has 1 N–H and O–H groups in total. The van der Waals surface area contributed by atoms with Gasteiger partial charge in [0.05, 0.1) is 31.0 Å². The lowest BCUT2D eigenvalue weighted by atomic mass is 9.96. The van der Waals surface area contributed by atoms with E-state index in [1.165, 1.54) is 71.2 Å². The maximum absolute atomic E-state index is 12.9. The first kappa shape index (κ1) is 23.1. The molecule has 0 unspecified atom stereocenters. The summed E-state index contributed by atoms with van der Waals surface area (Å²) < 4.78 is 9.54. The van der Waals surface area contributed by atoms with Gasteiger partial charge in [0, 0.05) is 19.6 Å². The van der Waals surface area contributed by atoms with Crippen molar-refractivity contribution in [2.24, 2.45) is 5.92 Å². The zero-order valence-electron chi connectivity index (χ0n) is 18.5. The Balaban J connectivity index is 1.59. The Kier molecular flexibility index (Phi) is 8.28. The van der Waals surface area contributed by atoms with Crippen LogP contribution in [0.4, 0.5) is 10.5 Å². The Morgan fingerprint density at radius 2 is 1.58 bits per heavy atom. The molecule has 0 spiro atoms. The molecule has 2 fully saturated rings. The van der Waals surface area contributed by atoms with Crippen molar-refractivity contribution >= 4 is 23.7 Å². The predicted octanol–water partition coefficient (Wildman–Crippen LogP) is 3.38. The summed E-state index contributed by atoms with van der Waals surface area (Å²) in [6.45, 7) is 4.84. The van der Waals surface area contributed by atoms with Gasteiger partial charge < -0.3 is 24.6 Å². The summed E-state index contributed by atoms with van der Waals surface area (Å²) in [6.07, 6.45) is 7.18. The summed E-state index contributed by atoms with van der Waals surface area (Å²) in [5, 5.41) is 2.79. The number of carbonyl (C=O) groups is 3. The molecule has 1 aromatic carbocycles. The van der Waals surface area contributed by atoms with Crippen LogP contribution in [0.25, 0.3) is 0 Å². The van der Waals surface area contributed by atoms with E-state index in [2.05, 4.69) is 10.2 Å². The zero-order chi connectivity index (χ0) is 22.2. The molecule has 8 nitrogen and oxygen atoms in total. The number of amides is 2. The second-order valence-corrected chi connectivity index (χ2v) is 8.32. The van der Waals surface area contributed by atoms with Crippen LogP contribution in [0.5, 0.6) is 0 Å². The van der Waals surface area contributed by atoms with Gasteiger partial charge in [-0.25, -0.2) is 14.4 Å². The normalized spacial score (nSPS) is 18.2. The van der Waals surface area contributed by atoms with Gasteiger partial charge in [0.25, 0.3) is 0 Å². The minimum absolute atomic E-state index is 0.194. The van der Waals surface area contributed by atoms with Crippen molar-refractivity contribution in [3.8, 4) is 0 Å². The lowest BCUT2D eigenvalue weighted by molar-refractivity contribution is 0.0587. The molecule has 170 valence electrons. The molecule has 0 radical (unpaired) electrons. The smallest absolute Gasteiger partial charge is 0.339 e. The number of ether oxygens (including phenoxy) is 2. The van der Waals surface area contributed by atoms with Crippen molar-refractivity contribution in [3.63, 3.8) is 0 Å². The van der Waals surface area contributed by atoms with E-state index in [1.807, 2.05) is 0 Å². The maximum Gasteiger partial charge on any atom is 0.339 e. The lowest BCUT2D eigenvalue weighted by Gasteiger charge is -2.34. The monoisotopic (exact) mass is 431 g/mol. The number of nitrogens with zero attached hydrogens (tertiary/aromatic N) is 2. The number of hydrogen-bond donors (Lipinski definition) is 1. The van der Waals surface area contributed by atoms with E-state index in [4.69, 9.17) is 9.47 Å². The van der Waals surface area contributed by atoms with Gasteiger partial charge in [0.2, 0.25) is 0 Å². The van der Waals surface area contributed by atoms with Crippen LogP contribution >= 0.6 is 0 Å². The van der Waals surface area contributed by atoms with Crippen LogP contribution in [0.2, 0.25) is 0 Å². The Morgan fingerprint density at radius 3 is 2.19 bits per heavy atom. The number of hydrogen-bond acceptors (Lipinski definition) is 6. The third-order valence-electron chi connectivity index (χ3n) is 6.20. The highest BCUT2D eigenvalue weighted by atomic mass is 16.5. The molecule has 3 rings (SSSR count). The molecular formula is C23H33N3O5. The number of urea groups is 1. The van der Waals surface area contributed by atoms with E-state index in [9.17, 15) is 14.4 Å². The minimum Gasteiger partial charge on any atom is -0.465 e. The van der Waals surface area contributed by atoms with Gasteiger partial charge in [-0.1, -0.05) is 12.8 Å². The molecule has 1 aromatic rings. The van der Waals surface area contributed by atoms with Crippen LogP contribution in [0.3, 0.4) is 0 Å². The molecule has 0 saturated carbocycles. The van der Waals surface area contributed by atoms with E-state index < -0.39 is 11.9 Å². The van der Waals surface area contributed by atoms with Gasteiger partial charge in [-0.05, 0) is 62.9 Å². The molecule has 8 heteroatoms. The van der Waals surface area contributed by atoms with Crippen LogP contribution in [0.15, 0.2) is 18.2 Å². The number of piperidine rings is 1. The van der Waals surface area contributed by atoms with Crippen molar-refractivity contribution in [2.45, 2.75) is 38.5 Å². The van der Waals surface area contributed by atoms with Crippen molar-refractivity contribution in [2.75, 3.05) is 52.3 Å². The summed E-state index contributed by atoms with van der Waals surface area (Å²) in [4.78, 5) is 41.2. The van der Waals surface area contributed by atoms with Gasteiger partial charge in [0.1, 0.15) is 0 Å². The van der Waals surface area contributed by atoms with E-state index in [0.717, 1.165) is 19.4 Å². The first-order valence-corrected chi connectivity index (χ1v) is 11.1. The Labute approximate surface area is 183 Å². The number of likely N-dealkylation sites (tertiary alicyclic amines) is 2. The fraction of sp³-hybridized carbons (Fsp3) is 0.609. The Hall–Kier alpha value is -2.61. The van der Waals surface area contributed by atoms with E-state index in [1.54, 1.807) is 4.90 Å². The predicted molar refractivity (Wildman–Crippen MR) is 117 cm³/mol. The number of nitrogens with one attached hydrogen (secondary N) is 1. The maximum atomic E-state index is 12.9. The van der Waals surface area contributed by atoms with Crippen LogP contribution in [-0.2, 0) is 9.47 Å². The van der Waals surface area contributed by atoms with E-state index >= 15 is 0 Å². The summed E-state index contributed by atoms with van der Waals surface area (Å²) in [5.74, 6) is -0.514. The zero-order valence-corrected chi connectivity index (χ0v) is 18.5. The average molecular weight is 432 g/mol. The second-order valence-electron chi connectivity index (χ2n) is 8.32. The van der Waals surface area contributed by atoms with E-state index in [0.29, 0.717) is 19.0 Å². The number of esters is 2. The molecule has 2 saturated heterocycles. The molecule has 31 heavy (non-hydrogen) atoms. The summed E-state index contributed by atoms with van der Waals surface area (Å²) in [5.41, 5.74) is 0.688. The average Bonchev–Trinajstić information content (AvgIpc) is 3.07. The lowest BCUT2D eigenvalue weighted by Crippen LogP contribution is -2.43. The highest BCUT2D eigenvalue weighted by Crippen LogP contribution is 2.23. The molecule has 0 aromatic heterocycles. The number of benzene rings is 1. The van der Waals surface area contributed by atoms with Gasteiger partial charge in [-0.3, -0.25) is 0 Å². The van der Waals surface area contributed by atoms with Crippen LogP contribution in [0.1, 0.15) is 59.2 Å². The van der Waals surface area contributed by atoms with Gasteiger partial charge in [-0.2, -0.15) is 0 Å². The standard InChI is InChI=1S/C23H33N3O5/c1-30-21(27)18-7-8-19(22(28)31-2)20(15-18)24-23(29)26-13-9-17(10-14-26)16-25-11-5-3-4-6-12-25/h7-8,15,17H,3-6,9-14,16H2,1-2H3,(H,24,29). The third-order valence-corrected chi connectivity index (χ3v) is 6.20. The molecule has 2 aliphatic heterocycles. The molecule has 0 aliphatic carbocycles. The first-order valence-electron chi connectivity index (χ1n) is 11.1. The Morgan fingerprint density at radius 1 is 0.935 bits per heavy atom. The summed E-state index contributed by atoms with van der Waals surface area (Å²) >= 11 is 0. The number of methoxy groups -OCH3 is 2. The van der Waals surface area contributed by atoms with Crippen LogP contribution < -0.4 is 5.32 Å². The highest BCUT2D eigenvalue weighted by Gasteiger charge is 2.26. The largest absolute Gasteiger partial charge is 0.465 e. The molecule has 2 amide bonds. The number of rotatable bonds is 5. The first-order chi connectivity index (χ1) is 15.0. The SMILES string of the molecule is COC(=O)c1ccc(C(=O)OC)c(NC(=O)N2CCC(CN3CCCCCC3)CC2)c1. The molecule has 2 aliphatic rings. The number of anilines is 1. The molecule has 2 heterocycles. The number of carbonyl (C=O) groups excluding carboxylic acids is 3. The van der Waals surface area contributed by atoms with Crippen molar-refractivity contribution < 1.29 is 23.9 Å². The fourth-order valence-electron chi connectivity index (χ4n) is 4.38. The minimum atomic E-state index is -0.581. The quantitative estimate of drug-likeness (QED) is 0.719. The van der Waals surface area contributed by atoms with E-state index in [-0.39, 0.29) is 22.8 Å². The Bertz CT molecular complexity index is 781. The van der Waals surface area contributed by atoms with Crippen LogP contribution in [0, 0.1) is 5.92 Å². The summed E-state index contributed by atoms with van der Waals surface area (Å²) in [7, 11) is 2.56. The highest BCUT2D eigenvalue weighted by molar-refractivity contribution is 6.03. The summed E-state index contributed by atoms with van der Waals surface area (Å²) in [6, 6.07) is 4.10. The van der Waals surface area contributed by atoms with Gasteiger partial charge in [0.15, 0.2) is 0 Å². The van der Waals surface area contributed by atoms with Crippen molar-refractivity contribution in [3.05, 3.63) is 29.3 Å². The third kappa shape index (κ3) is 6.19. The molecular weight excluding hydrogens is 398 g/mol. The van der Waals surface area contributed by atoms with Crippen LogP contribution in [-0.4, -0.2) is 74.7 Å². The van der Waals surface area contributed by atoms with Gasteiger partial charge >= 0.3 is 18.0 Å². The van der Waals surface area contributed by atoms with Gasteiger partial charge in [-0.15, -0.1) is 0 Å². The second kappa shape index (κ2) is 11.1. The van der Waals surface area contributed by atoms with Crippen molar-refractivity contribution in [1.29, 1.82) is 0 Å². The fourth-order valence-corrected chi connectivity index (χ4v) is 4.38.